The lowest BCUT2D eigenvalue weighted by molar-refractivity contribution is -0.133. The maximum atomic E-state index is 13.3. The van der Waals surface area contributed by atoms with Crippen LogP contribution in [-0.4, -0.2) is 22.4 Å². The van der Waals surface area contributed by atoms with Crippen molar-refractivity contribution < 1.29 is 14.0 Å². The van der Waals surface area contributed by atoms with E-state index in [4.69, 9.17) is 0 Å². The lowest BCUT2D eigenvalue weighted by Gasteiger charge is -2.33. The van der Waals surface area contributed by atoms with E-state index in [1.807, 2.05) is 0 Å². The lowest BCUT2D eigenvalue weighted by atomic mass is 9.77. The second kappa shape index (κ2) is 5.65. The first-order valence-corrected chi connectivity index (χ1v) is 8.29. The topological polar surface area (TPSA) is 49.4 Å². The predicted octanol–water partition coefficient (Wildman–Crippen LogP) is 3.59. The summed E-state index contributed by atoms with van der Waals surface area (Å²) in [5, 5.41) is 2.89. The highest BCUT2D eigenvalue weighted by molar-refractivity contribution is 9.10. The highest BCUT2D eigenvalue weighted by Crippen LogP contribution is 2.36. The van der Waals surface area contributed by atoms with Gasteiger partial charge in [0.2, 0.25) is 0 Å². The van der Waals surface area contributed by atoms with Gasteiger partial charge < -0.3 is 5.32 Å². The van der Waals surface area contributed by atoms with Crippen molar-refractivity contribution in [3.63, 3.8) is 0 Å². The molecule has 1 heterocycles. The molecule has 0 atom stereocenters. The first kappa shape index (κ1) is 15.5. The molecule has 1 aromatic rings. The molecule has 3 amide bonds. The van der Waals surface area contributed by atoms with Crippen molar-refractivity contribution in [1.82, 2.24) is 10.2 Å². The number of carbonyl (C=O) groups is 2. The SMILES string of the molecule is CC1CCC2(CC1)NC(=O)N(Cc1ccc(F)c(Br)c1)C2=O. The number of carbonyl (C=O) groups excluding carboxylic acids is 2. The van der Waals surface area contributed by atoms with Crippen molar-refractivity contribution in [2.24, 2.45) is 5.92 Å². The molecule has 1 N–H and O–H groups in total. The minimum absolute atomic E-state index is 0.148. The zero-order valence-corrected chi connectivity index (χ0v) is 14.0. The maximum absolute atomic E-state index is 13.3. The van der Waals surface area contributed by atoms with Crippen molar-refractivity contribution in [2.75, 3.05) is 0 Å². The second-order valence-electron chi connectivity index (χ2n) is 6.33. The van der Waals surface area contributed by atoms with Gasteiger partial charge in [-0.1, -0.05) is 13.0 Å². The Morgan fingerprint density at radius 2 is 2.05 bits per heavy atom. The highest BCUT2D eigenvalue weighted by atomic mass is 79.9. The fourth-order valence-electron chi connectivity index (χ4n) is 3.23. The molecule has 22 heavy (non-hydrogen) atoms. The van der Waals surface area contributed by atoms with Crippen molar-refractivity contribution in [2.45, 2.75) is 44.7 Å². The highest BCUT2D eigenvalue weighted by Gasteiger charge is 2.51. The molecule has 1 aliphatic carbocycles. The van der Waals surface area contributed by atoms with Crippen LogP contribution >= 0.6 is 15.9 Å². The summed E-state index contributed by atoms with van der Waals surface area (Å²) in [7, 11) is 0. The molecule has 1 saturated heterocycles. The molecule has 0 radical (unpaired) electrons. The van der Waals surface area contributed by atoms with Crippen LogP contribution in [0.1, 0.15) is 38.2 Å². The van der Waals surface area contributed by atoms with Gasteiger partial charge in [0.15, 0.2) is 0 Å². The zero-order valence-electron chi connectivity index (χ0n) is 12.4. The molecule has 1 aliphatic heterocycles. The monoisotopic (exact) mass is 368 g/mol. The van der Waals surface area contributed by atoms with Crippen LogP contribution in [0.25, 0.3) is 0 Å². The van der Waals surface area contributed by atoms with E-state index < -0.39 is 5.54 Å². The first-order chi connectivity index (χ1) is 10.4. The van der Waals surface area contributed by atoms with E-state index in [1.165, 1.54) is 11.0 Å². The normalized spacial score (nSPS) is 28.3. The zero-order chi connectivity index (χ0) is 15.9. The second-order valence-corrected chi connectivity index (χ2v) is 7.19. The molecule has 2 aliphatic rings. The van der Waals surface area contributed by atoms with E-state index in [2.05, 4.69) is 28.2 Å². The van der Waals surface area contributed by atoms with Gasteiger partial charge in [0, 0.05) is 0 Å². The third-order valence-electron chi connectivity index (χ3n) is 4.70. The number of nitrogens with zero attached hydrogens (tertiary/aromatic N) is 1. The minimum Gasteiger partial charge on any atom is -0.323 e. The van der Waals surface area contributed by atoms with Crippen LogP contribution in [0.2, 0.25) is 0 Å². The Balaban J connectivity index is 1.78. The van der Waals surface area contributed by atoms with Crippen molar-refractivity contribution >= 4 is 27.9 Å². The lowest BCUT2D eigenvalue weighted by Crippen LogP contribution is -2.49. The largest absolute Gasteiger partial charge is 0.325 e. The van der Waals surface area contributed by atoms with Gasteiger partial charge in [0.05, 0.1) is 11.0 Å². The fraction of sp³-hybridized carbons (Fsp3) is 0.500. The number of amides is 3. The molecule has 118 valence electrons. The molecule has 1 saturated carbocycles. The third kappa shape index (κ3) is 2.64. The van der Waals surface area contributed by atoms with Crippen molar-refractivity contribution in [3.05, 3.63) is 34.1 Å². The van der Waals surface area contributed by atoms with E-state index in [0.717, 1.165) is 18.4 Å². The predicted molar refractivity (Wildman–Crippen MR) is 83.5 cm³/mol. The third-order valence-corrected chi connectivity index (χ3v) is 5.31. The molecule has 6 heteroatoms. The number of imide groups is 1. The molecule has 2 fully saturated rings. The average molecular weight is 369 g/mol. The van der Waals surface area contributed by atoms with Gasteiger partial charge in [-0.25, -0.2) is 9.18 Å². The molecule has 0 bridgehead atoms. The summed E-state index contributed by atoms with van der Waals surface area (Å²) in [6.07, 6.45) is 3.29. The number of hydrogen-bond donors (Lipinski definition) is 1. The van der Waals surface area contributed by atoms with E-state index in [-0.39, 0.29) is 24.3 Å². The molecule has 0 aromatic heterocycles. The average Bonchev–Trinajstić information content (AvgIpc) is 2.71. The summed E-state index contributed by atoms with van der Waals surface area (Å²) < 4.78 is 13.6. The molecule has 4 nitrogen and oxygen atoms in total. The van der Waals surface area contributed by atoms with Gasteiger partial charge >= 0.3 is 6.03 Å². The van der Waals surface area contributed by atoms with Crippen LogP contribution in [0.5, 0.6) is 0 Å². The molecular weight excluding hydrogens is 351 g/mol. The number of rotatable bonds is 2. The Morgan fingerprint density at radius 3 is 2.68 bits per heavy atom. The number of urea groups is 1. The minimum atomic E-state index is -0.721. The van der Waals surface area contributed by atoms with Crippen LogP contribution in [-0.2, 0) is 11.3 Å². The quantitative estimate of drug-likeness (QED) is 0.810. The summed E-state index contributed by atoms with van der Waals surface area (Å²) in [4.78, 5) is 26.2. The molecular formula is C16H18BrFN2O2. The van der Waals surface area contributed by atoms with Gasteiger partial charge in [0.25, 0.3) is 5.91 Å². The summed E-state index contributed by atoms with van der Waals surface area (Å²) in [5.74, 6) is 0.0842. The summed E-state index contributed by atoms with van der Waals surface area (Å²) in [5.41, 5.74) is -0.00100. The van der Waals surface area contributed by atoms with Crippen molar-refractivity contribution in [3.8, 4) is 0 Å². The molecule has 1 aromatic carbocycles. The van der Waals surface area contributed by atoms with Crippen LogP contribution in [0.15, 0.2) is 22.7 Å². The molecule has 0 unspecified atom stereocenters. The summed E-state index contributed by atoms with van der Waals surface area (Å²) >= 11 is 3.12. The van der Waals surface area contributed by atoms with Gasteiger partial charge in [-0.3, -0.25) is 9.69 Å². The smallest absolute Gasteiger partial charge is 0.323 e. The Morgan fingerprint density at radius 1 is 1.36 bits per heavy atom. The van der Waals surface area contributed by atoms with Gasteiger partial charge in [-0.2, -0.15) is 0 Å². The molecule has 3 rings (SSSR count). The standard InChI is InChI=1S/C16H18BrFN2O2/c1-10-4-6-16(7-5-10)14(21)20(15(22)19-16)9-11-2-3-13(18)12(17)8-11/h2-3,8,10H,4-7,9H2,1H3,(H,19,22). The van der Waals surface area contributed by atoms with E-state index in [0.29, 0.717) is 23.2 Å². The van der Waals surface area contributed by atoms with Crippen LogP contribution in [0, 0.1) is 11.7 Å². The first-order valence-electron chi connectivity index (χ1n) is 7.49. The Labute approximate surface area is 137 Å². The summed E-state index contributed by atoms with van der Waals surface area (Å²) in [6, 6.07) is 4.17. The Bertz CT molecular complexity index is 627. The Kier molecular flexibility index (Phi) is 3.97. The van der Waals surface area contributed by atoms with E-state index in [1.54, 1.807) is 12.1 Å². The van der Waals surface area contributed by atoms with E-state index >= 15 is 0 Å². The van der Waals surface area contributed by atoms with Gasteiger partial charge in [0.1, 0.15) is 11.4 Å². The number of nitrogens with one attached hydrogen (secondary N) is 1. The molecule has 1 spiro atoms. The maximum Gasteiger partial charge on any atom is 0.325 e. The van der Waals surface area contributed by atoms with Gasteiger partial charge in [-0.15, -0.1) is 0 Å². The van der Waals surface area contributed by atoms with E-state index in [9.17, 15) is 14.0 Å². The Hall–Kier alpha value is -1.43. The van der Waals surface area contributed by atoms with Crippen LogP contribution in [0.3, 0.4) is 0 Å². The van der Waals surface area contributed by atoms with Crippen LogP contribution in [0.4, 0.5) is 9.18 Å². The summed E-state index contributed by atoms with van der Waals surface area (Å²) in [6.45, 7) is 2.34. The number of benzene rings is 1. The van der Waals surface area contributed by atoms with Crippen molar-refractivity contribution in [1.29, 1.82) is 0 Å². The van der Waals surface area contributed by atoms with Crippen LogP contribution < -0.4 is 5.32 Å². The fourth-order valence-corrected chi connectivity index (χ4v) is 3.66. The number of hydrogen-bond acceptors (Lipinski definition) is 2. The van der Waals surface area contributed by atoms with Gasteiger partial charge in [-0.05, 0) is 65.2 Å². The number of halogens is 2.